The molecule has 0 aromatic heterocycles. The summed E-state index contributed by atoms with van der Waals surface area (Å²) < 4.78 is 5.02. The minimum atomic E-state index is -0.219. The molecule has 1 rings (SSSR count). The van der Waals surface area contributed by atoms with Gasteiger partial charge in [-0.2, -0.15) is 0 Å². The van der Waals surface area contributed by atoms with Crippen molar-refractivity contribution in [2.24, 2.45) is 5.41 Å². The van der Waals surface area contributed by atoms with Crippen LogP contribution in [0.4, 0.5) is 0 Å². The molecule has 92 valence electrons. The summed E-state index contributed by atoms with van der Waals surface area (Å²) in [6, 6.07) is 0. The maximum atomic E-state index is 10.7. The third-order valence-electron chi connectivity index (χ3n) is 3.17. The van der Waals surface area contributed by atoms with Crippen molar-refractivity contribution < 1.29 is 14.6 Å². The molecule has 0 aromatic rings. The zero-order valence-electron chi connectivity index (χ0n) is 10.3. The molecule has 1 atom stereocenters. The molecule has 1 N–H and O–H groups in total. The predicted molar refractivity (Wildman–Crippen MR) is 63.0 cm³/mol. The maximum Gasteiger partial charge on any atom is 0.302 e. The van der Waals surface area contributed by atoms with Gasteiger partial charge in [0.15, 0.2) is 0 Å². The highest BCUT2D eigenvalue weighted by atomic mass is 16.5. The Bertz CT molecular complexity index is 270. The zero-order valence-corrected chi connectivity index (χ0v) is 10.3. The first kappa shape index (κ1) is 13.2. The van der Waals surface area contributed by atoms with Crippen molar-refractivity contribution in [1.29, 1.82) is 0 Å². The van der Waals surface area contributed by atoms with Gasteiger partial charge in [0.05, 0.1) is 0 Å². The van der Waals surface area contributed by atoms with E-state index in [1.54, 1.807) is 0 Å². The van der Waals surface area contributed by atoms with Crippen LogP contribution >= 0.6 is 0 Å². The highest BCUT2D eigenvalue weighted by Gasteiger charge is 2.25. The topological polar surface area (TPSA) is 46.5 Å². The Morgan fingerprint density at radius 2 is 2.38 bits per heavy atom. The number of ether oxygens (including phenoxy) is 1. The second-order valence-electron chi connectivity index (χ2n) is 4.92. The SMILES string of the molecule is CC(=O)OCC1=C[C@@](C)(CCCO)CCC1. The quantitative estimate of drug-likeness (QED) is 0.578. The van der Waals surface area contributed by atoms with Crippen LogP contribution in [0.25, 0.3) is 0 Å². The monoisotopic (exact) mass is 226 g/mol. The van der Waals surface area contributed by atoms with Gasteiger partial charge < -0.3 is 9.84 Å². The van der Waals surface area contributed by atoms with Crippen molar-refractivity contribution in [3.63, 3.8) is 0 Å². The molecule has 0 fully saturated rings. The summed E-state index contributed by atoms with van der Waals surface area (Å²) in [5.74, 6) is -0.219. The molecule has 3 heteroatoms. The van der Waals surface area contributed by atoms with Crippen molar-refractivity contribution in [1.82, 2.24) is 0 Å². The molecule has 0 spiro atoms. The van der Waals surface area contributed by atoms with Gasteiger partial charge in [0.2, 0.25) is 0 Å². The molecule has 0 bridgehead atoms. The van der Waals surface area contributed by atoms with Crippen molar-refractivity contribution in [2.45, 2.75) is 46.0 Å². The molecule has 0 saturated carbocycles. The molecule has 0 amide bonds. The van der Waals surface area contributed by atoms with Gasteiger partial charge in [-0.05, 0) is 43.1 Å². The molecule has 3 nitrogen and oxygen atoms in total. The number of carbonyl (C=O) groups excluding carboxylic acids is 1. The lowest BCUT2D eigenvalue weighted by Gasteiger charge is -2.31. The lowest BCUT2D eigenvalue weighted by Crippen LogP contribution is -2.20. The van der Waals surface area contributed by atoms with Gasteiger partial charge in [-0.3, -0.25) is 4.79 Å². The third kappa shape index (κ3) is 4.35. The number of aliphatic hydroxyl groups is 1. The van der Waals surface area contributed by atoms with Gasteiger partial charge in [0.1, 0.15) is 6.61 Å². The summed E-state index contributed by atoms with van der Waals surface area (Å²) in [6.45, 7) is 4.34. The number of hydrogen-bond acceptors (Lipinski definition) is 3. The minimum absolute atomic E-state index is 0.177. The smallest absolute Gasteiger partial charge is 0.302 e. The van der Waals surface area contributed by atoms with E-state index in [2.05, 4.69) is 13.0 Å². The van der Waals surface area contributed by atoms with E-state index in [9.17, 15) is 4.79 Å². The van der Waals surface area contributed by atoms with Gasteiger partial charge in [-0.1, -0.05) is 13.0 Å². The number of esters is 1. The average molecular weight is 226 g/mol. The first-order valence-electron chi connectivity index (χ1n) is 6.00. The van der Waals surface area contributed by atoms with Gasteiger partial charge in [0, 0.05) is 13.5 Å². The van der Waals surface area contributed by atoms with Crippen LogP contribution in [0.1, 0.15) is 46.0 Å². The van der Waals surface area contributed by atoms with E-state index in [-0.39, 0.29) is 18.0 Å². The first-order valence-corrected chi connectivity index (χ1v) is 6.00. The van der Waals surface area contributed by atoms with E-state index < -0.39 is 0 Å². The van der Waals surface area contributed by atoms with Crippen LogP contribution in [0.15, 0.2) is 11.6 Å². The number of rotatable bonds is 5. The molecule has 1 aliphatic carbocycles. The van der Waals surface area contributed by atoms with Crippen molar-refractivity contribution in [3.8, 4) is 0 Å². The lowest BCUT2D eigenvalue weighted by molar-refractivity contribution is -0.140. The fraction of sp³-hybridized carbons (Fsp3) is 0.769. The third-order valence-corrected chi connectivity index (χ3v) is 3.17. The zero-order chi connectivity index (χ0) is 12.0. The summed E-state index contributed by atoms with van der Waals surface area (Å²) in [6.07, 6.45) is 7.43. The summed E-state index contributed by atoms with van der Waals surface area (Å²) >= 11 is 0. The molecule has 0 aromatic carbocycles. The predicted octanol–water partition coefficient (Wildman–Crippen LogP) is 2.44. The van der Waals surface area contributed by atoms with Gasteiger partial charge in [-0.15, -0.1) is 0 Å². The fourth-order valence-corrected chi connectivity index (χ4v) is 2.34. The number of hydrogen-bond donors (Lipinski definition) is 1. The second kappa shape index (κ2) is 6.04. The van der Waals surface area contributed by atoms with Gasteiger partial charge in [0.25, 0.3) is 0 Å². The first-order chi connectivity index (χ1) is 7.56. The second-order valence-corrected chi connectivity index (χ2v) is 4.92. The van der Waals surface area contributed by atoms with Gasteiger partial charge >= 0.3 is 5.97 Å². The van der Waals surface area contributed by atoms with Crippen LogP contribution in [0, 0.1) is 5.41 Å². The van der Waals surface area contributed by atoms with E-state index in [4.69, 9.17) is 9.84 Å². The van der Waals surface area contributed by atoms with Crippen molar-refractivity contribution in [3.05, 3.63) is 11.6 Å². The van der Waals surface area contributed by atoms with Crippen LogP contribution in [0.5, 0.6) is 0 Å². The minimum Gasteiger partial charge on any atom is -0.461 e. The largest absolute Gasteiger partial charge is 0.461 e. The Balaban J connectivity index is 2.53. The molecule has 0 aliphatic heterocycles. The molecule has 0 radical (unpaired) electrons. The van der Waals surface area contributed by atoms with E-state index in [1.807, 2.05) is 0 Å². The van der Waals surface area contributed by atoms with E-state index in [0.29, 0.717) is 6.61 Å². The average Bonchev–Trinajstić information content (AvgIpc) is 2.24. The van der Waals surface area contributed by atoms with Crippen LogP contribution in [-0.4, -0.2) is 24.3 Å². The molecule has 16 heavy (non-hydrogen) atoms. The number of carbonyl (C=O) groups is 1. The molecule has 0 unspecified atom stereocenters. The highest BCUT2D eigenvalue weighted by molar-refractivity contribution is 5.66. The molecular formula is C13H22O3. The lowest BCUT2D eigenvalue weighted by atomic mass is 9.75. The summed E-state index contributed by atoms with van der Waals surface area (Å²) in [7, 11) is 0. The molecule has 0 saturated heterocycles. The van der Waals surface area contributed by atoms with Crippen molar-refractivity contribution >= 4 is 5.97 Å². The number of aliphatic hydroxyl groups excluding tert-OH is 1. The molecular weight excluding hydrogens is 204 g/mol. The van der Waals surface area contributed by atoms with Crippen molar-refractivity contribution in [2.75, 3.05) is 13.2 Å². The van der Waals surface area contributed by atoms with Crippen LogP contribution in [0.2, 0.25) is 0 Å². The van der Waals surface area contributed by atoms with Crippen LogP contribution in [-0.2, 0) is 9.53 Å². The fourth-order valence-electron chi connectivity index (χ4n) is 2.34. The Hall–Kier alpha value is -0.830. The maximum absolute atomic E-state index is 10.7. The highest BCUT2D eigenvalue weighted by Crippen LogP contribution is 2.37. The van der Waals surface area contributed by atoms with Gasteiger partial charge in [-0.25, -0.2) is 0 Å². The van der Waals surface area contributed by atoms with E-state index in [1.165, 1.54) is 12.5 Å². The van der Waals surface area contributed by atoms with Crippen LogP contribution in [0.3, 0.4) is 0 Å². The van der Waals surface area contributed by atoms with E-state index in [0.717, 1.165) is 32.1 Å². The standard InChI is InChI=1S/C13H22O3/c1-11(15)16-10-12-5-3-6-13(2,9-12)7-4-8-14/h9,14H,3-8,10H2,1-2H3/t13-/m1/s1. The molecule has 1 aliphatic rings. The number of allylic oxidation sites excluding steroid dienone is 1. The van der Waals surface area contributed by atoms with Crippen LogP contribution < -0.4 is 0 Å². The summed E-state index contributed by atoms with van der Waals surface area (Å²) in [4.78, 5) is 10.7. The normalized spacial score (nSPS) is 25.1. The van der Waals surface area contributed by atoms with E-state index >= 15 is 0 Å². The summed E-state index contributed by atoms with van der Waals surface area (Å²) in [5, 5.41) is 8.86. The summed E-state index contributed by atoms with van der Waals surface area (Å²) in [5.41, 5.74) is 1.40. The Labute approximate surface area is 97.5 Å². The Kier molecular flexibility index (Phi) is 5.00. The Morgan fingerprint density at radius 1 is 1.62 bits per heavy atom. The molecule has 0 heterocycles. The Morgan fingerprint density at radius 3 is 3.00 bits per heavy atom.